The molecule has 2 rings (SSSR count). The second kappa shape index (κ2) is 6.97. The molecule has 0 saturated carbocycles. The smallest absolute Gasteiger partial charge is 0.246 e. The largest absolute Gasteiger partial charge is 0.319 e. The molecule has 22 heavy (non-hydrogen) atoms. The third-order valence-electron chi connectivity index (χ3n) is 4.07. The maximum Gasteiger partial charge on any atom is 0.246 e. The van der Waals surface area contributed by atoms with E-state index in [1.807, 2.05) is 0 Å². The predicted molar refractivity (Wildman–Crippen MR) is 77.1 cm³/mol. The number of likely N-dealkylation sites (tertiary alicyclic amines) is 2. The lowest BCUT2D eigenvalue weighted by Gasteiger charge is -2.15. The van der Waals surface area contributed by atoms with Crippen molar-refractivity contribution in [2.45, 2.75) is 50.6 Å². The van der Waals surface area contributed by atoms with Gasteiger partial charge in [-0.1, -0.05) is 12.8 Å². The Labute approximate surface area is 128 Å². The first-order valence-corrected chi connectivity index (χ1v) is 7.61. The van der Waals surface area contributed by atoms with E-state index in [1.165, 1.54) is 9.80 Å². The second-order valence-corrected chi connectivity index (χ2v) is 5.80. The van der Waals surface area contributed by atoms with Crippen LogP contribution in [0.25, 0.3) is 0 Å². The number of hydrogen-bond acceptors (Lipinski definition) is 6. The molecule has 0 bridgehead atoms. The van der Waals surface area contributed by atoms with Gasteiger partial charge in [-0.2, -0.15) is 0 Å². The number of imide groups is 2. The van der Waals surface area contributed by atoms with Gasteiger partial charge in [0, 0.05) is 13.1 Å². The van der Waals surface area contributed by atoms with Crippen molar-refractivity contribution >= 4 is 23.6 Å². The highest BCUT2D eigenvalue weighted by molar-refractivity contribution is 6.05. The number of rotatable bonds is 7. The van der Waals surface area contributed by atoms with Crippen molar-refractivity contribution in [3.05, 3.63) is 0 Å². The molecular weight excluding hydrogens is 288 g/mol. The Morgan fingerprint density at radius 2 is 1.09 bits per heavy atom. The Morgan fingerprint density at radius 3 is 1.36 bits per heavy atom. The lowest BCUT2D eigenvalue weighted by Crippen LogP contribution is -2.36. The summed E-state index contributed by atoms with van der Waals surface area (Å²) in [5.41, 5.74) is 11.1. The van der Waals surface area contributed by atoms with Gasteiger partial charge in [0.25, 0.3) is 0 Å². The van der Waals surface area contributed by atoms with Crippen molar-refractivity contribution in [3.63, 3.8) is 0 Å². The molecule has 8 nitrogen and oxygen atoms in total. The van der Waals surface area contributed by atoms with Crippen molar-refractivity contribution in [1.29, 1.82) is 0 Å². The molecule has 8 heteroatoms. The maximum absolute atomic E-state index is 11.6. The summed E-state index contributed by atoms with van der Waals surface area (Å²) in [7, 11) is 0. The zero-order chi connectivity index (χ0) is 16.3. The summed E-state index contributed by atoms with van der Waals surface area (Å²) in [4.78, 5) is 48.7. The third kappa shape index (κ3) is 3.50. The summed E-state index contributed by atoms with van der Waals surface area (Å²) in [5, 5.41) is 0. The molecule has 4 N–H and O–H groups in total. The molecule has 2 atom stereocenters. The highest BCUT2D eigenvalue weighted by Crippen LogP contribution is 2.15. The Bertz CT molecular complexity index is 449. The maximum atomic E-state index is 11.6. The minimum Gasteiger partial charge on any atom is -0.319 e. The molecule has 0 radical (unpaired) electrons. The number of nitrogens with zero attached hydrogens (tertiary/aromatic N) is 2. The van der Waals surface area contributed by atoms with Gasteiger partial charge in [0.2, 0.25) is 23.6 Å². The lowest BCUT2D eigenvalue weighted by atomic mass is 10.2. The molecule has 2 unspecified atom stereocenters. The van der Waals surface area contributed by atoms with Crippen LogP contribution in [-0.2, 0) is 19.2 Å². The first-order chi connectivity index (χ1) is 10.4. The van der Waals surface area contributed by atoms with E-state index in [9.17, 15) is 19.2 Å². The fourth-order valence-corrected chi connectivity index (χ4v) is 2.78. The van der Waals surface area contributed by atoms with E-state index in [2.05, 4.69) is 0 Å². The number of carbonyl (C=O) groups is 4. The van der Waals surface area contributed by atoms with Crippen molar-refractivity contribution in [3.8, 4) is 0 Å². The topological polar surface area (TPSA) is 127 Å². The second-order valence-electron chi connectivity index (χ2n) is 5.80. The van der Waals surface area contributed by atoms with E-state index in [0.29, 0.717) is 25.9 Å². The van der Waals surface area contributed by atoms with E-state index < -0.39 is 12.1 Å². The number of carbonyl (C=O) groups excluding carboxylic acids is 4. The SMILES string of the molecule is NC1CC(=O)N(CCCCCCN2C(=O)CC(N)C2=O)C1=O. The van der Waals surface area contributed by atoms with Crippen LogP contribution in [0.1, 0.15) is 38.5 Å². The Morgan fingerprint density at radius 1 is 0.727 bits per heavy atom. The minimum atomic E-state index is -0.691. The van der Waals surface area contributed by atoms with Crippen LogP contribution in [0.4, 0.5) is 0 Å². The zero-order valence-electron chi connectivity index (χ0n) is 12.5. The van der Waals surface area contributed by atoms with Crippen LogP contribution < -0.4 is 11.5 Å². The van der Waals surface area contributed by atoms with Crippen molar-refractivity contribution in [2.24, 2.45) is 11.5 Å². The van der Waals surface area contributed by atoms with Gasteiger partial charge in [0.05, 0.1) is 24.9 Å². The van der Waals surface area contributed by atoms with E-state index >= 15 is 0 Å². The Balaban J connectivity index is 1.60. The standard InChI is InChI=1S/C14H22N4O4/c15-9-7-11(19)17(13(9)21)5-3-1-2-4-6-18-12(20)8-10(16)14(18)22/h9-10H,1-8,15-16H2. The van der Waals surface area contributed by atoms with E-state index in [-0.39, 0.29) is 36.5 Å². The molecule has 4 amide bonds. The molecule has 0 aromatic carbocycles. The first kappa shape index (κ1) is 16.6. The quantitative estimate of drug-likeness (QED) is 0.445. The van der Waals surface area contributed by atoms with Crippen LogP contribution in [0, 0.1) is 0 Å². The average Bonchev–Trinajstić information content (AvgIpc) is 2.84. The minimum absolute atomic E-state index is 0.0955. The summed E-state index contributed by atoms with van der Waals surface area (Å²) in [6, 6.07) is -1.38. The summed E-state index contributed by atoms with van der Waals surface area (Å²) in [5.74, 6) is -1.01. The monoisotopic (exact) mass is 310 g/mol. The molecule has 2 aliphatic rings. The van der Waals surface area contributed by atoms with Gasteiger partial charge < -0.3 is 11.5 Å². The Hall–Kier alpha value is -1.80. The summed E-state index contributed by atoms with van der Waals surface area (Å²) < 4.78 is 0. The summed E-state index contributed by atoms with van der Waals surface area (Å²) in [6.07, 6.45) is 3.22. The fourth-order valence-electron chi connectivity index (χ4n) is 2.78. The predicted octanol–water partition coefficient (Wildman–Crippen LogP) is -1.28. The molecule has 0 aromatic heterocycles. The van der Waals surface area contributed by atoms with Gasteiger partial charge in [-0.3, -0.25) is 29.0 Å². The molecule has 122 valence electrons. The number of amides is 4. The van der Waals surface area contributed by atoms with Crippen molar-refractivity contribution in [2.75, 3.05) is 13.1 Å². The van der Waals surface area contributed by atoms with Gasteiger partial charge in [0.1, 0.15) is 0 Å². The van der Waals surface area contributed by atoms with Gasteiger partial charge in [-0.15, -0.1) is 0 Å². The highest BCUT2D eigenvalue weighted by Gasteiger charge is 2.36. The molecule has 2 fully saturated rings. The lowest BCUT2D eigenvalue weighted by molar-refractivity contribution is -0.140. The van der Waals surface area contributed by atoms with E-state index in [4.69, 9.17) is 11.5 Å². The fraction of sp³-hybridized carbons (Fsp3) is 0.714. The van der Waals surface area contributed by atoms with Gasteiger partial charge in [-0.05, 0) is 12.8 Å². The van der Waals surface area contributed by atoms with Gasteiger partial charge >= 0.3 is 0 Å². The third-order valence-corrected chi connectivity index (χ3v) is 4.07. The van der Waals surface area contributed by atoms with Crippen LogP contribution >= 0.6 is 0 Å². The molecule has 2 heterocycles. The Kier molecular flexibility index (Phi) is 5.25. The molecule has 0 aliphatic carbocycles. The van der Waals surface area contributed by atoms with Gasteiger partial charge in [0.15, 0.2) is 0 Å². The first-order valence-electron chi connectivity index (χ1n) is 7.61. The zero-order valence-corrected chi connectivity index (χ0v) is 12.5. The van der Waals surface area contributed by atoms with Gasteiger partial charge in [-0.25, -0.2) is 0 Å². The number of hydrogen-bond donors (Lipinski definition) is 2. The summed E-state index contributed by atoms with van der Waals surface area (Å²) >= 11 is 0. The van der Waals surface area contributed by atoms with Crippen LogP contribution in [0.3, 0.4) is 0 Å². The van der Waals surface area contributed by atoms with Crippen molar-refractivity contribution < 1.29 is 19.2 Å². The van der Waals surface area contributed by atoms with Crippen LogP contribution in [0.2, 0.25) is 0 Å². The van der Waals surface area contributed by atoms with Crippen LogP contribution in [0.15, 0.2) is 0 Å². The molecule has 0 spiro atoms. The number of unbranched alkanes of at least 4 members (excludes halogenated alkanes) is 3. The number of nitrogens with two attached hydrogens (primary N) is 2. The van der Waals surface area contributed by atoms with Crippen molar-refractivity contribution in [1.82, 2.24) is 9.80 Å². The van der Waals surface area contributed by atoms with Crippen LogP contribution in [-0.4, -0.2) is 58.6 Å². The highest BCUT2D eigenvalue weighted by atomic mass is 16.2. The molecule has 2 aliphatic heterocycles. The van der Waals surface area contributed by atoms with Crippen LogP contribution in [0.5, 0.6) is 0 Å². The molecule has 0 aromatic rings. The average molecular weight is 310 g/mol. The normalized spacial score (nSPS) is 25.7. The molecular formula is C14H22N4O4. The summed E-state index contributed by atoms with van der Waals surface area (Å²) in [6.45, 7) is 0.773. The van der Waals surface area contributed by atoms with E-state index in [1.54, 1.807) is 0 Å². The molecule has 2 saturated heterocycles. The van der Waals surface area contributed by atoms with E-state index in [0.717, 1.165) is 12.8 Å².